The van der Waals surface area contributed by atoms with Gasteiger partial charge in [0.25, 0.3) is 0 Å². The van der Waals surface area contributed by atoms with Gasteiger partial charge in [0.05, 0.1) is 5.60 Å². The minimum absolute atomic E-state index is 0.105. The fourth-order valence-corrected chi connectivity index (χ4v) is 9.67. The second-order valence-corrected chi connectivity index (χ2v) is 12.8. The molecule has 5 heteroatoms. The van der Waals surface area contributed by atoms with Crippen LogP contribution in [0.1, 0.15) is 78.6 Å². The molecule has 0 bridgehead atoms. The minimum atomic E-state index is -0.887. The summed E-state index contributed by atoms with van der Waals surface area (Å²) in [5.74, 6) is 3.10. The van der Waals surface area contributed by atoms with Gasteiger partial charge in [-0.1, -0.05) is 20.8 Å². The number of hydrogen-bond donors (Lipinski definition) is 2. The number of Topliss-reactive ketones (excluding diaryl/α,β-unsaturated/α-hetero) is 1. The molecule has 0 aliphatic heterocycles. The van der Waals surface area contributed by atoms with E-state index in [9.17, 15) is 14.1 Å². The Labute approximate surface area is 172 Å². The van der Waals surface area contributed by atoms with Crippen LogP contribution in [0.15, 0.2) is 0 Å². The summed E-state index contributed by atoms with van der Waals surface area (Å²) in [6.07, 6.45) is 8.04. The van der Waals surface area contributed by atoms with E-state index < -0.39 is 16.4 Å². The lowest BCUT2D eigenvalue weighted by atomic mass is 9.42. The third kappa shape index (κ3) is 2.90. The van der Waals surface area contributed by atoms with Crippen molar-refractivity contribution in [1.82, 2.24) is 0 Å². The maximum absolute atomic E-state index is 12.8. The van der Waals surface area contributed by atoms with Crippen molar-refractivity contribution < 1.29 is 14.1 Å². The van der Waals surface area contributed by atoms with Crippen molar-refractivity contribution in [3.05, 3.63) is 0 Å². The first-order valence-electron chi connectivity index (χ1n) is 11.5. The average molecular weight is 410 g/mol. The van der Waals surface area contributed by atoms with Crippen LogP contribution < -0.4 is 5.73 Å². The predicted octanol–water partition coefficient (Wildman–Crippen LogP) is 3.43. The highest BCUT2D eigenvalue weighted by atomic mass is 32.2. The van der Waals surface area contributed by atoms with Gasteiger partial charge in [-0.25, -0.2) is 0 Å². The molecular formula is C23H39NO3S. The smallest absolute Gasteiger partial charge is 0.139 e. The lowest BCUT2D eigenvalue weighted by Gasteiger charge is -2.65. The predicted molar refractivity (Wildman–Crippen MR) is 113 cm³/mol. The van der Waals surface area contributed by atoms with Crippen molar-refractivity contribution in [2.75, 3.05) is 12.3 Å². The van der Waals surface area contributed by atoms with Gasteiger partial charge >= 0.3 is 0 Å². The molecule has 3 N–H and O–H groups in total. The van der Waals surface area contributed by atoms with Gasteiger partial charge in [-0.2, -0.15) is 0 Å². The van der Waals surface area contributed by atoms with E-state index in [0.29, 0.717) is 48.2 Å². The molecule has 0 amide bonds. The largest absolute Gasteiger partial charge is 0.389 e. The summed E-state index contributed by atoms with van der Waals surface area (Å²) in [5.41, 5.74) is 4.66. The molecule has 4 aliphatic rings. The normalized spacial score (nSPS) is 51.9. The molecular weight excluding hydrogens is 370 g/mol. The van der Waals surface area contributed by atoms with Gasteiger partial charge in [-0.3, -0.25) is 9.00 Å². The lowest BCUT2D eigenvalue weighted by Crippen LogP contribution is -2.65. The molecule has 4 fully saturated rings. The number of hydrogen-bond acceptors (Lipinski definition) is 4. The van der Waals surface area contributed by atoms with Gasteiger partial charge in [0, 0.05) is 33.6 Å². The molecule has 0 heterocycles. The summed E-state index contributed by atoms with van der Waals surface area (Å²) >= 11 is 0. The monoisotopic (exact) mass is 409 g/mol. The highest BCUT2D eigenvalue weighted by Gasteiger charge is 2.66. The van der Waals surface area contributed by atoms with E-state index in [2.05, 4.69) is 20.8 Å². The Kier molecular flexibility index (Phi) is 5.37. The average Bonchev–Trinajstić information content (AvgIpc) is 2.95. The fraction of sp³-hybridized carbons (Fsp3) is 0.957. The first kappa shape index (κ1) is 21.0. The van der Waals surface area contributed by atoms with Crippen LogP contribution in [0.2, 0.25) is 0 Å². The van der Waals surface area contributed by atoms with Gasteiger partial charge in [0.1, 0.15) is 5.78 Å². The van der Waals surface area contributed by atoms with Crippen LogP contribution in [-0.4, -0.2) is 38.2 Å². The Morgan fingerprint density at radius 2 is 1.89 bits per heavy atom. The number of nitrogens with two attached hydrogens (primary N) is 1. The number of carbonyl (C=O) groups excluding carboxylic acids is 1. The number of ketones is 1. The van der Waals surface area contributed by atoms with Crippen LogP contribution in [-0.2, 0) is 15.6 Å². The fourth-order valence-electron chi connectivity index (χ4n) is 8.04. The third-order valence-electron chi connectivity index (χ3n) is 9.71. The maximum Gasteiger partial charge on any atom is 0.139 e. The Morgan fingerprint density at radius 1 is 1.14 bits per heavy atom. The van der Waals surface area contributed by atoms with Crippen LogP contribution in [0.4, 0.5) is 0 Å². The number of fused-ring (bicyclic) bond motifs is 5. The Bertz CT molecular complexity index is 668. The van der Waals surface area contributed by atoms with Crippen LogP contribution in [0.25, 0.3) is 0 Å². The quantitative estimate of drug-likeness (QED) is 0.745. The standard InChI is InChI=1S/C23H39NO3S/c1-15-13-23(26)14-16(28(27)12-4-11-24)7-10-22(23,3)18-8-9-21(2)17(20(15)18)5-6-19(21)25/h15-18,20,26H,4-14,24H2,1-3H3/t15-,16-,17+,18+,20+,21+,22-,23-,28?/m1/s1. The number of aliphatic hydroxyl groups is 1. The van der Waals surface area contributed by atoms with Crippen molar-refractivity contribution in [2.24, 2.45) is 40.2 Å². The number of carbonyl (C=O) groups is 1. The zero-order chi connectivity index (χ0) is 20.3. The van der Waals surface area contributed by atoms with Crippen molar-refractivity contribution in [2.45, 2.75) is 89.4 Å². The van der Waals surface area contributed by atoms with E-state index in [-0.39, 0.29) is 16.1 Å². The lowest BCUT2D eigenvalue weighted by molar-refractivity contribution is -0.217. The summed E-state index contributed by atoms with van der Waals surface area (Å²) in [6, 6.07) is 0. The molecule has 0 radical (unpaired) electrons. The van der Waals surface area contributed by atoms with E-state index in [1.165, 1.54) is 0 Å². The summed E-state index contributed by atoms with van der Waals surface area (Å²) in [6.45, 7) is 7.42. The molecule has 0 spiro atoms. The second kappa shape index (κ2) is 7.16. The summed E-state index contributed by atoms with van der Waals surface area (Å²) < 4.78 is 12.8. The molecule has 1 unspecified atom stereocenters. The zero-order valence-corrected chi connectivity index (χ0v) is 18.7. The third-order valence-corrected chi connectivity index (χ3v) is 11.5. The maximum atomic E-state index is 12.8. The van der Waals surface area contributed by atoms with Crippen molar-refractivity contribution in [1.29, 1.82) is 0 Å². The van der Waals surface area contributed by atoms with E-state index >= 15 is 0 Å². The molecule has 4 saturated carbocycles. The molecule has 0 aromatic rings. The first-order valence-corrected chi connectivity index (χ1v) is 12.9. The Morgan fingerprint density at radius 3 is 2.61 bits per heavy atom. The van der Waals surface area contributed by atoms with Crippen LogP contribution in [0.3, 0.4) is 0 Å². The number of rotatable bonds is 4. The van der Waals surface area contributed by atoms with Gasteiger partial charge in [0.15, 0.2) is 0 Å². The molecule has 160 valence electrons. The molecule has 4 nitrogen and oxygen atoms in total. The van der Waals surface area contributed by atoms with Crippen LogP contribution in [0.5, 0.6) is 0 Å². The molecule has 0 aromatic heterocycles. The van der Waals surface area contributed by atoms with Crippen molar-refractivity contribution in [3.63, 3.8) is 0 Å². The van der Waals surface area contributed by atoms with E-state index in [1.54, 1.807) is 0 Å². The van der Waals surface area contributed by atoms with Crippen LogP contribution >= 0.6 is 0 Å². The molecule has 28 heavy (non-hydrogen) atoms. The molecule has 0 saturated heterocycles. The minimum Gasteiger partial charge on any atom is -0.389 e. The van der Waals surface area contributed by atoms with Gasteiger partial charge in [0.2, 0.25) is 0 Å². The van der Waals surface area contributed by atoms with Gasteiger partial charge in [-0.15, -0.1) is 0 Å². The SMILES string of the molecule is C[C@@H]1C[C@@]2(O)C[C@H](S(=O)CCCN)CC[C@]2(C)[C@H]2CC[C@]3(C)C(=O)CC[C@H]3[C@H]12. The molecule has 0 aromatic carbocycles. The van der Waals surface area contributed by atoms with Gasteiger partial charge < -0.3 is 10.8 Å². The van der Waals surface area contributed by atoms with Crippen molar-refractivity contribution in [3.8, 4) is 0 Å². The molecule has 4 rings (SSSR count). The first-order chi connectivity index (χ1) is 13.2. The Balaban J connectivity index is 1.59. The van der Waals surface area contributed by atoms with E-state index in [1.807, 2.05) is 0 Å². The highest BCUT2D eigenvalue weighted by Crippen LogP contribution is 2.68. The second-order valence-electron chi connectivity index (χ2n) is 10.9. The summed E-state index contributed by atoms with van der Waals surface area (Å²) in [4.78, 5) is 12.6. The van der Waals surface area contributed by atoms with Gasteiger partial charge in [-0.05, 0) is 87.0 Å². The summed E-state index contributed by atoms with van der Waals surface area (Å²) in [7, 11) is -0.887. The highest BCUT2D eigenvalue weighted by molar-refractivity contribution is 7.85. The zero-order valence-electron chi connectivity index (χ0n) is 17.9. The molecule has 9 atom stereocenters. The van der Waals surface area contributed by atoms with E-state index in [4.69, 9.17) is 5.73 Å². The van der Waals surface area contributed by atoms with E-state index in [0.717, 1.165) is 51.4 Å². The topological polar surface area (TPSA) is 80.4 Å². The van der Waals surface area contributed by atoms with Crippen molar-refractivity contribution >= 4 is 16.6 Å². The van der Waals surface area contributed by atoms with Crippen LogP contribution in [0, 0.1) is 34.5 Å². The Hall–Kier alpha value is -0.260. The summed E-state index contributed by atoms with van der Waals surface area (Å²) in [5, 5.41) is 12.0. The molecule has 4 aliphatic carbocycles.